The van der Waals surface area contributed by atoms with Crippen LogP contribution in [0.4, 0.5) is 34.1 Å². The lowest BCUT2D eigenvalue weighted by Crippen LogP contribution is -2.96. The molecule has 0 radical (unpaired) electrons. The Morgan fingerprint density at radius 2 is 0.636 bits per heavy atom. The highest BCUT2D eigenvalue weighted by Crippen LogP contribution is 2.18. The molecule has 0 heterocycles. The van der Waals surface area contributed by atoms with Crippen LogP contribution in [0.3, 0.4) is 0 Å². The maximum absolute atomic E-state index is 5.80. The Morgan fingerprint density at radius 1 is 0.409 bits per heavy atom. The van der Waals surface area contributed by atoms with Crippen molar-refractivity contribution in [1.82, 2.24) is 0 Å². The van der Waals surface area contributed by atoms with Crippen molar-refractivity contribution < 1.29 is 4.90 Å². The molecule has 0 saturated heterocycles. The van der Waals surface area contributed by atoms with E-state index in [1.807, 2.05) is 72.8 Å². The molecule has 0 fully saturated rings. The van der Waals surface area contributed by atoms with Crippen molar-refractivity contribution in [3.05, 3.63) is 72.8 Å². The van der Waals surface area contributed by atoms with Gasteiger partial charge in [-0.15, -0.1) is 0 Å². The zero-order chi connectivity index (χ0) is 15.5. The predicted molar refractivity (Wildman–Crippen MR) is 92.5 cm³/mol. The first-order chi connectivity index (χ1) is 10.6. The van der Waals surface area contributed by atoms with Crippen LogP contribution in [0.1, 0.15) is 0 Å². The summed E-state index contributed by atoms with van der Waals surface area (Å²) < 4.78 is 0. The van der Waals surface area contributed by atoms with Gasteiger partial charge in [0.05, 0.1) is 0 Å². The van der Waals surface area contributed by atoms with Crippen LogP contribution in [0, 0.1) is 0 Å². The minimum absolute atomic E-state index is 0.748. The second kappa shape index (κ2) is 5.79. The molecular formula is C18H19N4+. The van der Waals surface area contributed by atoms with Gasteiger partial charge in [-0.05, 0) is 36.4 Å². The number of hydrogen-bond acceptors (Lipinski definition) is 3. The molecule has 0 aliphatic carbocycles. The molecule has 4 nitrogen and oxygen atoms in total. The second-order valence-corrected chi connectivity index (χ2v) is 5.24. The second-order valence-electron chi connectivity index (χ2n) is 5.24. The Labute approximate surface area is 129 Å². The van der Waals surface area contributed by atoms with Gasteiger partial charge in [0.2, 0.25) is 0 Å². The minimum atomic E-state index is 0.748. The molecule has 0 aromatic heterocycles. The first kappa shape index (κ1) is 14.0. The quantitative estimate of drug-likeness (QED) is 0.560. The molecule has 3 aromatic rings. The SMILES string of the molecule is Nc1ccc([NH+](c2ccc(N)cc2)c2ccc(N)cc2)cc1. The van der Waals surface area contributed by atoms with E-state index in [4.69, 9.17) is 17.2 Å². The highest BCUT2D eigenvalue weighted by molar-refractivity contribution is 5.54. The lowest BCUT2D eigenvalue weighted by molar-refractivity contribution is -0.681. The molecular weight excluding hydrogens is 272 g/mol. The van der Waals surface area contributed by atoms with Gasteiger partial charge in [0.1, 0.15) is 17.1 Å². The monoisotopic (exact) mass is 291 g/mol. The highest BCUT2D eigenvalue weighted by Gasteiger charge is 2.18. The van der Waals surface area contributed by atoms with Crippen LogP contribution >= 0.6 is 0 Å². The number of benzene rings is 3. The summed E-state index contributed by atoms with van der Waals surface area (Å²) in [6.07, 6.45) is 0. The van der Waals surface area contributed by atoms with Gasteiger partial charge < -0.3 is 17.2 Å². The van der Waals surface area contributed by atoms with Gasteiger partial charge in [-0.2, -0.15) is 0 Å². The van der Waals surface area contributed by atoms with E-state index in [-0.39, 0.29) is 0 Å². The molecule has 22 heavy (non-hydrogen) atoms. The van der Waals surface area contributed by atoms with Crippen LogP contribution in [0.15, 0.2) is 72.8 Å². The molecule has 0 aliphatic heterocycles. The van der Waals surface area contributed by atoms with Crippen molar-refractivity contribution in [2.75, 3.05) is 17.2 Å². The normalized spacial score (nSPS) is 10.8. The molecule has 7 N–H and O–H groups in total. The molecule has 4 heteroatoms. The van der Waals surface area contributed by atoms with Crippen molar-refractivity contribution >= 4 is 34.1 Å². The fourth-order valence-corrected chi connectivity index (χ4v) is 2.45. The molecule has 110 valence electrons. The smallest absolute Gasteiger partial charge is 0.141 e. The van der Waals surface area contributed by atoms with Crippen LogP contribution in [0.5, 0.6) is 0 Å². The molecule has 0 atom stereocenters. The minimum Gasteiger partial charge on any atom is -0.399 e. The van der Waals surface area contributed by atoms with Gasteiger partial charge in [-0.3, -0.25) is 0 Å². The molecule has 0 unspecified atom stereocenters. The third kappa shape index (κ3) is 2.87. The number of nitrogens with two attached hydrogens (primary N) is 3. The third-order valence-electron chi connectivity index (χ3n) is 3.60. The molecule has 3 aromatic carbocycles. The number of nitrogen functional groups attached to an aromatic ring is 3. The van der Waals surface area contributed by atoms with Gasteiger partial charge in [-0.25, -0.2) is 4.90 Å². The number of nitrogens with one attached hydrogen (secondary N) is 1. The number of hydrogen-bond donors (Lipinski definition) is 4. The maximum atomic E-state index is 5.80. The molecule has 0 bridgehead atoms. The lowest BCUT2D eigenvalue weighted by atomic mass is 10.1. The van der Waals surface area contributed by atoms with Gasteiger partial charge in [0, 0.05) is 53.5 Å². The summed E-state index contributed by atoms with van der Waals surface area (Å²) in [4.78, 5) is 1.12. The Bertz CT molecular complexity index is 638. The average molecular weight is 291 g/mol. The Kier molecular flexibility index (Phi) is 3.68. The van der Waals surface area contributed by atoms with Crippen molar-refractivity contribution in [2.24, 2.45) is 0 Å². The lowest BCUT2D eigenvalue weighted by Gasteiger charge is -2.18. The van der Waals surface area contributed by atoms with Crippen LogP contribution < -0.4 is 22.1 Å². The van der Waals surface area contributed by atoms with Crippen LogP contribution in [0.2, 0.25) is 0 Å². The van der Waals surface area contributed by atoms with E-state index in [0.29, 0.717) is 0 Å². The van der Waals surface area contributed by atoms with Crippen molar-refractivity contribution in [2.45, 2.75) is 0 Å². The van der Waals surface area contributed by atoms with Crippen LogP contribution in [0.25, 0.3) is 0 Å². The van der Waals surface area contributed by atoms with Gasteiger partial charge in [0.15, 0.2) is 0 Å². The Balaban J connectivity index is 2.10. The highest BCUT2D eigenvalue weighted by atomic mass is 15.1. The first-order valence-electron chi connectivity index (χ1n) is 7.08. The van der Waals surface area contributed by atoms with E-state index in [9.17, 15) is 0 Å². The average Bonchev–Trinajstić information content (AvgIpc) is 2.53. The van der Waals surface area contributed by atoms with Gasteiger partial charge >= 0.3 is 0 Å². The standard InChI is InChI=1S/C18H18N4/c19-13-1-7-16(8-2-13)22(17-9-3-14(20)4-10-17)18-11-5-15(21)6-12-18/h1-12H,19-21H2/p+1. The van der Waals surface area contributed by atoms with Crippen LogP contribution in [-0.2, 0) is 0 Å². The molecule has 0 spiro atoms. The van der Waals surface area contributed by atoms with E-state index in [1.54, 1.807) is 0 Å². The van der Waals surface area contributed by atoms with Gasteiger partial charge in [-0.1, -0.05) is 0 Å². The van der Waals surface area contributed by atoms with Gasteiger partial charge in [0.25, 0.3) is 0 Å². The summed E-state index contributed by atoms with van der Waals surface area (Å²) in [6.45, 7) is 0. The topological polar surface area (TPSA) is 82.5 Å². The van der Waals surface area contributed by atoms with E-state index in [1.165, 1.54) is 0 Å². The Hall–Kier alpha value is -2.98. The first-order valence-corrected chi connectivity index (χ1v) is 7.08. The zero-order valence-electron chi connectivity index (χ0n) is 12.2. The summed E-state index contributed by atoms with van der Waals surface area (Å²) in [5.74, 6) is 0. The molecule has 3 rings (SSSR count). The predicted octanol–water partition coefficient (Wildman–Crippen LogP) is 2.61. The third-order valence-corrected chi connectivity index (χ3v) is 3.60. The zero-order valence-corrected chi connectivity index (χ0v) is 12.2. The largest absolute Gasteiger partial charge is 0.399 e. The summed E-state index contributed by atoms with van der Waals surface area (Å²) in [5.41, 5.74) is 23.0. The van der Waals surface area contributed by atoms with E-state index in [2.05, 4.69) is 0 Å². The van der Waals surface area contributed by atoms with E-state index in [0.717, 1.165) is 39.0 Å². The van der Waals surface area contributed by atoms with E-state index >= 15 is 0 Å². The number of quaternary nitrogens is 1. The molecule has 0 aliphatic rings. The summed E-state index contributed by atoms with van der Waals surface area (Å²) >= 11 is 0. The van der Waals surface area contributed by atoms with Crippen molar-refractivity contribution in [3.8, 4) is 0 Å². The Morgan fingerprint density at radius 3 is 0.864 bits per heavy atom. The summed E-state index contributed by atoms with van der Waals surface area (Å²) in [6, 6.07) is 23.6. The van der Waals surface area contributed by atoms with Crippen molar-refractivity contribution in [1.29, 1.82) is 0 Å². The molecule has 0 amide bonds. The van der Waals surface area contributed by atoms with Crippen molar-refractivity contribution in [3.63, 3.8) is 0 Å². The number of anilines is 3. The fraction of sp³-hybridized carbons (Fsp3) is 0. The summed E-state index contributed by atoms with van der Waals surface area (Å²) in [7, 11) is 0. The fourth-order valence-electron chi connectivity index (χ4n) is 2.45. The maximum Gasteiger partial charge on any atom is 0.141 e. The van der Waals surface area contributed by atoms with Crippen LogP contribution in [-0.4, -0.2) is 0 Å². The van der Waals surface area contributed by atoms with E-state index < -0.39 is 0 Å². The molecule has 0 saturated carbocycles. The summed E-state index contributed by atoms with van der Waals surface area (Å²) in [5, 5.41) is 0. The number of rotatable bonds is 3.